The number of rotatable bonds is 5. The molecule has 2 aliphatic heterocycles. The molecular weight excluding hydrogens is 382 g/mol. The molecule has 9 nitrogen and oxygen atoms in total. The highest BCUT2D eigenvalue weighted by molar-refractivity contribution is 6.32. The normalized spacial score (nSPS) is 24.3. The smallest absolute Gasteiger partial charge is 0.240 e. The second-order valence-electron chi connectivity index (χ2n) is 7.00. The minimum atomic E-state index is -0.291. The van der Waals surface area contributed by atoms with E-state index in [9.17, 15) is 10.1 Å². The Morgan fingerprint density at radius 1 is 1.39 bits per heavy atom. The van der Waals surface area contributed by atoms with E-state index in [2.05, 4.69) is 32.0 Å². The van der Waals surface area contributed by atoms with E-state index in [1.807, 2.05) is 6.07 Å². The first-order valence-corrected chi connectivity index (χ1v) is 9.66. The Hall–Kier alpha value is -2.70. The highest BCUT2D eigenvalue weighted by Crippen LogP contribution is 2.29. The van der Waals surface area contributed by atoms with Crippen molar-refractivity contribution < 1.29 is 9.53 Å². The molecule has 10 heteroatoms. The first-order valence-electron chi connectivity index (χ1n) is 9.28. The third-order valence-electron chi connectivity index (χ3n) is 5.20. The lowest BCUT2D eigenvalue weighted by atomic mass is 10.1. The summed E-state index contributed by atoms with van der Waals surface area (Å²) in [7, 11) is 0. The average molecular weight is 402 g/mol. The Morgan fingerprint density at radius 2 is 2.29 bits per heavy atom. The zero-order chi connectivity index (χ0) is 19.5. The Bertz CT molecular complexity index is 883. The van der Waals surface area contributed by atoms with Crippen molar-refractivity contribution in [3.63, 3.8) is 0 Å². The van der Waals surface area contributed by atoms with E-state index in [0.717, 1.165) is 31.2 Å². The van der Waals surface area contributed by atoms with Gasteiger partial charge in [0.1, 0.15) is 18.4 Å². The minimum absolute atomic E-state index is 0.0223. The zero-order valence-corrected chi connectivity index (χ0v) is 15.9. The highest BCUT2D eigenvalue weighted by Gasteiger charge is 2.37. The fraction of sp³-hybridized carbons (Fsp3) is 0.500. The summed E-state index contributed by atoms with van der Waals surface area (Å²) >= 11 is 6.31. The molecule has 0 saturated carbocycles. The Morgan fingerprint density at radius 3 is 3.04 bits per heavy atom. The Balaban J connectivity index is 1.31. The molecule has 0 radical (unpaired) electrons. The molecular formula is C18H20ClN7O2. The zero-order valence-electron chi connectivity index (χ0n) is 15.1. The van der Waals surface area contributed by atoms with Crippen molar-refractivity contribution in [3.05, 3.63) is 23.2 Å². The van der Waals surface area contributed by atoms with E-state index < -0.39 is 0 Å². The van der Waals surface area contributed by atoms with Crippen LogP contribution in [-0.2, 0) is 4.79 Å². The Kier molecular flexibility index (Phi) is 5.41. The molecule has 2 N–H and O–H groups in total. The second-order valence-corrected chi connectivity index (χ2v) is 7.41. The maximum absolute atomic E-state index is 12.7. The number of nitriles is 1. The van der Waals surface area contributed by atoms with Gasteiger partial charge in [0.2, 0.25) is 11.7 Å². The van der Waals surface area contributed by atoms with Gasteiger partial charge in [-0.15, -0.1) is 10.2 Å². The molecule has 2 fully saturated rings. The van der Waals surface area contributed by atoms with E-state index in [0.29, 0.717) is 29.7 Å². The van der Waals surface area contributed by atoms with Crippen molar-refractivity contribution in [2.45, 2.75) is 43.8 Å². The third-order valence-corrected chi connectivity index (χ3v) is 5.49. The summed E-state index contributed by atoms with van der Waals surface area (Å²) in [4.78, 5) is 14.4. The van der Waals surface area contributed by atoms with Gasteiger partial charge in [-0.25, -0.2) is 0 Å². The number of nitrogens with one attached hydrogen (secondary N) is 2. The summed E-state index contributed by atoms with van der Waals surface area (Å²) in [5.74, 6) is 1.05. The van der Waals surface area contributed by atoms with Gasteiger partial charge >= 0.3 is 0 Å². The largest absolute Gasteiger partial charge is 0.490 e. The van der Waals surface area contributed by atoms with E-state index in [-0.39, 0.29) is 24.0 Å². The van der Waals surface area contributed by atoms with Crippen LogP contribution < -0.4 is 10.1 Å². The van der Waals surface area contributed by atoms with Crippen LogP contribution in [0.3, 0.4) is 0 Å². The molecule has 2 aromatic rings. The van der Waals surface area contributed by atoms with Gasteiger partial charge in [-0.3, -0.25) is 10.1 Å². The van der Waals surface area contributed by atoms with Gasteiger partial charge in [-0.2, -0.15) is 10.5 Å². The van der Waals surface area contributed by atoms with Crippen molar-refractivity contribution >= 4 is 17.5 Å². The lowest BCUT2D eigenvalue weighted by Crippen LogP contribution is -2.47. The number of carbonyl (C=O) groups is 1. The minimum Gasteiger partial charge on any atom is -0.490 e. The van der Waals surface area contributed by atoms with Crippen LogP contribution in [0.4, 0.5) is 0 Å². The maximum atomic E-state index is 12.7. The van der Waals surface area contributed by atoms with Crippen molar-refractivity contribution in [1.82, 2.24) is 30.8 Å². The number of H-pyrrole nitrogens is 1. The second kappa shape index (κ2) is 8.12. The number of hydrogen-bond donors (Lipinski definition) is 2. The summed E-state index contributed by atoms with van der Waals surface area (Å²) in [6.45, 7) is 1.07. The molecule has 2 saturated heterocycles. The van der Waals surface area contributed by atoms with Crippen LogP contribution in [0, 0.1) is 11.3 Å². The number of likely N-dealkylation sites (tertiary alicyclic amines) is 1. The van der Waals surface area contributed by atoms with Crippen LogP contribution in [0.1, 0.15) is 25.7 Å². The number of halogens is 1. The molecule has 1 amide bonds. The number of nitrogens with zero attached hydrogens (tertiary/aromatic N) is 5. The van der Waals surface area contributed by atoms with Crippen LogP contribution in [0.15, 0.2) is 18.2 Å². The summed E-state index contributed by atoms with van der Waals surface area (Å²) in [5, 5.41) is 26.8. The number of aromatic nitrogens is 4. The van der Waals surface area contributed by atoms with Crippen molar-refractivity contribution in [3.8, 4) is 23.2 Å². The van der Waals surface area contributed by atoms with Crippen molar-refractivity contribution in [2.75, 3.05) is 13.2 Å². The van der Waals surface area contributed by atoms with E-state index in [1.54, 1.807) is 17.0 Å². The molecule has 0 bridgehead atoms. The quantitative estimate of drug-likeness (QED) is 0.779. The first kappa shape index (κ1) is 18.7. The molecule has 0 unspecified atom stereocenters. The summed E-state index contributed by atoms with van der Waals surface area (Å²) in [5.41, 5.74) is 0.744. The number of hydrogen-bond acceptors (Lipinski definition) is 7. The van der Waals surface area contributed by atoms with Gasteiger partial charge in [0.15, 0.2) is 0 Å². The summed E-state index contributed by atoms with van der Waals surface area (Å²) in [6, 6.07) is 7.05. The van der Waals surface area contributed by atoms with Gasteiger partial charge in [0, 0.05) is 18.2 Å². The average Bonchev–Trinajstić information content (AvgIpc) is 3.47. The molecule has 0 spiro atoms. The van der Waals surface area contributed by atoms with Gasteiger partial charge in [-0.1, -0.05) is 11.6 Å². The van der Waals surface area contributed by atoms with Gasteiger partial charge in [0.25, 0.3) is 0 Å². The van der Waals surface area contributed by atoms with E-state index >= 15 is 0 Å². The molecule has 4 rings (SSSR count). The summed E-state index contributed by atoms with van der Waals surface area (Å²) in [6.07, 6.45) is 3.23. The summed E-state index contributed by atoms with van der Waals surface area (Å²) < 4.78 is 5.85. The van der Waals surface area contributed by atoms with Crippen LogP contribution in [0.2, 0.25) is 5.02 Å². The highest BCUT2D eigenvalue weighted by atomic mass is 35.5. The fourth-order valence-electron chi connectivity index (χ4n) is 3.74. The molecule has 1 aromatic carbocycles. The van der Waals surface area contributed by atoms with Crippen LogP contribution in [0.5, 0.6) is 5.75 Å². The SMILES string of the molecule is N#C[C@@H]1CCCN1C(=O)[C@H]1CC[C@H](COc2ccc(-c3nn[nH]n3)cc2Cl)N1. The van der Waals surface area contributed by atoms with Crippen LogP contribution in [-0.4, -0.2) is 62.7 Å². The van der Waals surface area contributed by atoms with Crippen LogP contribution in [0.25, 0.3) is 11.4 Å². The van der Waals surface area contributed by atoms with E-state index in [4.69, 9.17) is 16.3 Å². The Labute approximate surface area is 167 Å². The van der Waals surface area contributed by atoms with Crippen molar-refractivity contribution in [1.29, 1.82) is 5.26 Å². The molecule has 146 valence electrons. The monoisotopic (exact) mass is 401 g/mol. The third kappa shape index (κ3) is 3.79. The van der Waals surface area contributed by atoms with Crippen LogP contribution >= 0.6 is 11.6 Å². The predicted molar refractivity (Wildman–Crippen MR) is 100 cm³/mol. The molecule has 3 atom stereocenters. The number of ether oxygens (including phenoxy) is 1. The number of benzene rings is 1. The molecule has 1 aromatic heterocycles. The number of tetrazole rings is 1. The molecule has 2 aliphatic rings. The first-order chi connectivity index (χ1) is 13.7. The lowest BCUT2D eigenvalue weighted by Gasteiger charge is -2.24. The van der Waals surface area contributed by atoms with Crippen molar-refractivity contribution in [2.24, 2.45) is 0 Å². The lowest BCUT2D eigenvalue weighted by molar-refractivity contribution is -0.133. The molecule has 28 heavy (non-hydrogen) atoms. The van der Waals surface area contributed by atoms with Gasteiger partial charge in [0.05, 0.1) is 17.1 Å². The number of amides is 1. The number of aromatic amines is 1. The molecule has 0 aliphatic carbocycles. The maximum Gasteiger partial charge on any atom is 0.240 e. The topological polar surface area (TPSA) is 120 Å². The standard InChI is InChI=1S/C18H20ClN7O2/c19-14-8-11(17-22-24-25-23-17)3-6-16(14)28-10-12-4-5-15(21-12)18(27)26-7-1-2-13(26)9-20/h3,6,8,12-13,15,21H,1-2,4-5,7,10H2,(H,22,23,24,25)/t12-,13+,15-/m1/s1. The van der Waals surface area contributed by atoms with Gasteiger partial charge in [-0.05, 0) is 49.1 Å². The van der Waals surface area contributed by atoms with E-state index in [1.165, 1.54) is 0 Å². The molecule has 3 heterocycles. The number of carbonyl (C=O) groups excluding carboxylic acids is 1. The van der Waals surface area contributed by atoms with Gasteiger partial charge < -0.3 is 9.64 Å². The fourth-order valence-corrected chi connectivity index (χ4v) is 3.98. The predicted octanol–water partition coefficient (Wildman–Crippen LogP) is 1.53.